The topological polar surface area (TPSA) is 66.8 Å². The van der Waals surface area contributed by atoms with Gasteiger partial charge in [0.2, 0.25) is 5.91 Å². The Kier molecular flexibility index (Phi) is 3.06. The number of likely N-dealkylation sites (tertiary alicyclic amines) is 1. The van der Waals surface area contributed by atoms with Crippen LogP contribution in [0.1, 0.15) is 50.5 Å². The molecule has 0 saturated carbocycles. The van der Waals surface area contributed by atoms with Gasteiger partial charge in [-0.15, -0.1) is 0 Å². The largest absolute Gasteiger partial charge is 0.443 e. The summed E-state index contributed by atoms with van der Waals surface area (Å²) in [5, 5.41) is 10.4. The third-order valence-corrected chi connectivity index (χ3v) is 3.99. The average Bonchev–Trinajstić information content (AvgIpc) is 2.84. The Hall–Kier alpha value is -1.88. The molecule has 1 aromatic carbocycles. The van der Waals surface area contributed by atoms with Crippen LogP contribution in [0.15, 0.2) is 24.3 Å². The number of ether oxygens (including phenoxy) is 1. The molecule has 3 atom stereocenters. The smallest absolute Gasteiger partial charge is 0.417 e. The van der Waals surface area contributed by atoms with Crippen molar-refractivity contribution in [2.75, 3.05) is 0 Å². The molecule has 0 radical (unpaired) electrons. The Morgan fingerprint density at radius 2 is 1.90 bits per heavy atom. The van der Waals surface area contributed by atoms with Crippen LogP contribution in [0.5, 0.6) is 0 Å². The van der Waals surface area contributed by atoms with Crippen molar-refractivity contribution in [2.45, 2.75) is 44.9 Å². The first-order valence-electron chi connectivity index (χ1n) is 7.11. The van der Waals surface area contributed by atoms with Crippen LogP contribution in [0.2, 0.25) is 0 Å². The zero-order chi connectivity index (χ0) is 15.4. The van der Waals surface area contributed by atoms with Crippen molar-refractivity contribution in [1.29, 1.82) is 0 Å². The summed E-state index contributed by atoms with van der Waals surface area (Å²) < 4.78 is 5.34. The van der Waals surface area contributed by atoms with Crippen molar-refractivity contribution >= 4 is 12.0 Å². The molecule has 2 amide bonds. The summed E-state index contributed by atoms with van der Waals surface area (Å²) in [6.07, 6.45) is -1.17. The Morgan fingerprint density at radius 3 is 2.52 bits per heavy atom. The first-order chi connectivity index (χ1) is 9.79. The van der Waals surface area contributed by atoms with E-state index in [-0.39, 0.29) is 18.2 Å². The summed E-state index contributed by atoms with van der Waals surface area (Å²) >= 11 is 0. The monoisotopic (exact) mass is 289 g/mol. The molecule has 0 bridgehead atoms. The number of carbonyl (C=O) groups excluding carboxylic acids is 2. The highest BCUT2D eigenvalue weighted by Gasteiger charge is 2.53. The first kappa shape index (κ1) is 14.1. The second kappa shape index (κ2) is 4.56. The maximum atomic E-state index is 12.3. The lowest BCUT2D eigenvalue weighted by Gasteiger charge is -2.27. The van der Waals surface area contributed by atoms with Gasteiger partial charge in [-0.1, -0.05) is 24.3 Å². The van der Waals surface area contributed by atoms with E-state index >= 15 is 0 Å². The fourth-order valence-electron chi connectivity index (χ4n) is 3.22. The van der Waals surface area contributed by atoms with Crippen LogP contribution in [0, 0.1) is 5.92 Å². The molecule has 1 heterocycles. The molecular weight excluding hydrogens is 270 g/mol. The van der Waals surface area contributed by atoms with Gasteiger partial charge in [-0.25, -0.2) is 9.69 Å². The van der Waals surface area contributed by atoms with Crippen LogP contribution in [-0.2, 0) is 9.53 Å². The lowest BCUT2D eigenvalue weighted by molar-refractivity contribution is -0.128. The van der Waals surface area contributed by atoms with Crippen molar-refractivity contribution in [3.05, 3.63) is 35.4 Å². The summed E-state index contributed by atoms with van der Waals surface area (Å²) in [4.78, 5) is 25.7. The summed E-state index contributed by atoms with van der Waals surface area (Å²) in [6, 6.07) is 6.99. The minimum atomic E-state index is -0.706. The van der Waals surface area contributed by atoms with Crippen molar-refractivity contribution in [3.8, 4) is 0 Å². The molecule has 21 heavy (non-hydrogen) atoms. The van der Waals surface area contributed by atoms with Crippen LogP contribution >= 0.6 is 0 Å². The molecule has 112 valence electrons. The number of rotatable bonds is 0. The Bertz CT molecular complexity index is 605. The minimum Gasteiger partial charge on any atom is -0.443 e. The highest BCUT2D eigenvalue weighted by molar-refractivity contribution is 5.95. The highest BCUT2D eigenvalue weighted by Crippen LogP contribution is 2.52. The molecule has 1 saturated heterocycles. The lowest BCUT2D eigenvalue weighted by Crippen LogP contribution is -2.39. The number of fused-ring (bicyclic) bond motifs is 3. The molecule has 0 spiro atoms. The molecule has 5 nitrogen and oxygen atoms in total. The number of aliphatic hydroxyl groups is 1. The third-order valence-electron chi connectivity index (χ3n) is 3.99. The van der Waals surface area contributed by atoms with Crippen LogP contribution < -0.4 is 0 Å². The number of nitrogens with zero attached hydrogens (tertiary/aromatic N) is 1. The van der Waals surface area contributed by atoms with Gasteiger partial charge in [0.05, 0.1) is 12.1 Å². The SMILES string of the molecule is CC(C)(C)OC(=O)N1C(=O)CC2C(O)c3ccccc3C21. The van der Waals surface area contributed by atoms with Crippen molar-refractivity contribution in [1.82, 2.24) is 4.90 Å². The van der Waals surface area contributed by atoms with Gasteiger partial charge in [0.25, 0.3) is 0 Å². The standard InChI is InChI=1S/C16H19NO4/c1-16(2,3)21-15(20)17-12(18)8-11-13(17)9-6-4-5-7-10(9)14(11)19/h4-7,11,13-14,19H,8H2,1-3H3. The Balaban J connectivity index is 1.96. The Labute approximate surface area is 123 Å². The van der Waals surface area contributed by atoms with E-state index in [4.69, 9.17) is 4.74 Å². The number of carbonyl (C=O) groups is 2. The van der Waals surface area contributed by atoms with Crippen molar-refractivity contribution in [2.24, 2.45) is 5.92 Å². The van der Waals surface area contributed by atoms with Crippen LogP contribution in [-0.4, -0.2) is 27.6 Å². The molecule has 1 N–H and O–H groups in total. The first-order valence-corrected chi connectivity index (χ1v) is 7.11. The zero-order valence-electron chi connectivity index (χ0n) is 12.4. The molecule has 3 rings (SSSR count). The molecule has 1 fully saturated rings. The quantitative estimate of drug-likeness (QED) is 0.797. The summed E-state index contributed by atoms with van der Waals surface area (Å²) in [6.45, 7) is 5.29. The fourth-order valence-corrected chi connectivity index (χ4v) is 3.22. The van der Waals surface area contributed by atoms with Crippen molar-refractivity contribution < 1.29 is 19.4 Å². The van der Waals surface area contributed by atoms with Gasteiger partial charge in [0, 0.05) is 12.3 Å². The van der Waals surface area contributed by atoms with Gasteiger partial charge in [-0.2, -0.15) is 0 Å². The molecule has 3 unspecified atom stereocenters. The number of aliphatic hydroxyl groups excluding tert-OH is 1. The second-order valence-electron chi connectivity index (χ2n) is 6.63. The van der Waals surface area contributed by atoms with Gasteiger partial charge in [-0.05, 0) is 31.9 Å². The maximum absolute atomic E-state index is 12.3. The number of benzene rings is 1. The van der Waals surface area contributed by atoms with E-state index in [1.807, 2.05) is 24.3 Å². The second-order valence-corrected chi connectivity index (χ2v) is 6.63. The third kappa shape index (κ3) is 2.21. The van der Waals surface area contributed by atoms with E-state index in [0.29, 0.717) is 0 Å². The summed E-state index contributed by atoms with van der Waals surface area (Å²) in [7, 11) is 0. The zero-order valence-corrected chi connectivity index (χ0v) is 12.4. The molecule has 0 aromatic heterocycles. The maximum Gasteiger partial charge on any atom is 0.417 e. The van der Waals surface area contributed by atoms with Gasteiger partial charge >= 0.3 is 6.09 Å². The van der Waals surface area contributed by atoms with Crippen LogP contribution in [0.25, 0.3) is 0 Å². The van der Waals surface area contributed by atoms with E-state index in [1.165, 1.54) is 4.90 Å². The average molecular weight is 289 g/mol. The number of hydrogen-bond donors (Lipinski definition) is 1. The van der Waals surface area contributed by atoms with Crippen LogP contribution in [0.4, 0.5) is 4.79 Å². The predicted molar refractivity (Wildman–Crippen MR) is 75.3 cm³/mol. The molecular formula is C16H19NO4. The van der Waals surface area contributed by atoms with E-state index in [0.717, 1.165) is 11.1 Å². The molecule has 1 aliphatic heterocycles. The summed E-state index contributed by atoms with van der Waals surface area (Å²) in [5.41, 5.74) is 0.979. The lowest BCUT2D eigenvalue weighted by atomic mass is 10.00. The Morgan fingerprint density at radius 1 is 1.29 bits per heavy atom. The van der Waals surface area contributed by atoms with Gasteiger partial charge in [0.15, 0.2) is 0 Å². The van der Waals surface area contributed by atoms with E-state index in [1.54, 1.807) is 20.8 Å². The molecule has 1 aliphatic carbocycles. The summed E-state index contributed by atoms with van der Waals surface area (Å²) in [5.74, 6) is -0.560. The normalized spacial score (nSPS) is 27.5. The number of imide groups is 1. The predicted octanol–water partition coefficient (Wildman–Crippen LogP) is 2.56. The molecule has 1 aromatic rings. The van der Waals surface area contributed by atoms with Crippen LogP contribution in [0.3, 0.4) is 0 Å². The van der Waals surface area contributed by atoms with Gasteiger partial charge in [0.1, 0.15) is 5.60 Å². The van der Waals surface area contributed by atoms with E-state index < -0.39 is 23.8 Å². The minimum absolute atomic E-state index is 0.166. The number of hydrogen-bond acceptors (Lipinski definition) is 4. The number of amides is 2. The highest BCUT2D eigenvalue weighted by atomic mass is 16.6. The van der Waals surface area contributed by atoms with Gasteiger partial charge < -0.3 is 9.84 Å². The van der Waals surface area contributed by atoms with Crippen molar-refractivity contribution in [3.63, 3.8) is 0 Å². The molecule has 2 aliphatic rings. The molecule has 5 heteroatoms. The van der Waals surface area contributed by atoms with E-state index in [2.05, 4.69) is 0 Å². The van der Waals surface area contributed by atoms with Gasteiger partial charge in [-0.3, -0.25) is 4.79 Å². The van der Waals surface area contributed by atoms with E-state index in [9.17, 15) is 14.7 Å². The fraction of sp³-hybridized carbons (Fsp3) is 0.500.